The first kappa shape index (κ1) is 13.1. The van der Waals surface area contributed by atoms with E-state index in [-0.39, 0.29) is 0 Å². The third-order valence-corrected chi connectivity index (χ3v) is 4.75. The SMILES string of the molecule is C=CCCC(C)NCC1CC2CCC(C1)N2C. The van der Waals surface area contributed by atoms with Gasteiger partial charge in [-0.3, -0.25) is 0 Å². The molecule has 2 aliphatic heterocycles. The summed E-state index contributed by atoms with van der Waals surface area (Å²) in [6.45, 7) is 7.31. The lowest BCUT2D eigenvalue weighted by Crippen LogP contribution is -2.43. The fraction of sp³-hybridized carbons (Fsp3) is 0.867. The first-order valence-electron chi connectivity index (χ1n) is 7.27. The van der Waals surface area contributed by atoms with Crippen molar-refractivity contribution in [1.29, 1.82) is 0 Å². The highest BCUT2D eigenvalue weighted by atomic mass is 15.2. The molecular weight excluding hydrogens is 208 g/mol. The van der Waals surface area contributed by atoms with Gasteiger partial charge in [0.1, 0.15) is 0 Å². The molecule has 2 heteroatoms. The maximum absolute atomic E-state index is 3.79. The van der Waals surface area contributed by atoms with E-state index in [4.69, 9.17) is 0 Å². The van der Waals surface area contributed by atoms with Crippen LogP contribution in [0.1, 0.15) is 45.4 Å². The first-order chi connectivity index (χ1) is 8.20. The summed E-state index contributed by atoms with van der Waals surface area (Å²) in [5.74, 6) is 0.912. The van der Waals surface area contributed by atoms with Gasteiger partial charge in [0.25, 0.3) is 0 Å². The Hall–Kier alpha value is -0.340. The van der Waals surface area contributed by atoms with Crippen molar-refractivity contribution in [2.75, 3.05) is 13.6 Å². The number of rotatable bonds is 6. The van der Waals surface area contributed by atoms with Crippen LogP contribution in [-0.4, -0.2) is 36.6 Å². The zero-order valence-corrected chi connectivity index (χ0v) is 11.5. The Labute approximate surface area is 106 Å². The van der Waals surface area contributed by atoms with Crippen molar-refractivity contribution in [3.8, 4) is 0 Å². The van der Waals surface area contributed by atoms with Crippen LogP contribution in [0, 0.1) is 5.92 Å². The zero-order valence-electron chi connectivity index (χ0n) is 11.5. The van der Waals surface area contributed by atoms with Crippen LogP contribution >= 0.6 is 0 Å². The van der Waals surface area contributed by atoms with E-state index in [1.807, 2.05) is 6.08 Å². The van der Waals surface area contributed by atoms with Crippen LogP contribution < -0.4 is 5.32 Å². The van der Waals surface area contributed by atoms with Gasteiger partial charge in [0.15, 0.2) is 0 Å². The summed E-state index contributed by atoms with van der Waals surface area (Å²) in [5.41, 5.74) is 0. The van der Waals surface area contributed by atoms with Crippen LogP contribution in [0.3, 0.4) is 0 Å². The Morgan fingerprint density at radius 2 is 2.00 bits per heavy atom. The summed E-state index contributed by atoms with van der Waals surface area (Å²) < 4.78 is 0. The predicted octanol–water partition coefficient (Wildman–Crippen LogP) is 2.80. The first-order valence-corrected chi connectivity index (χ1v) is 7.27. The van der Waals surface area contributed by atoms with Crippen LogP contribution in [0.15, 0.2) is 12.7 Å². The molecule has 0 radical (unpaired) electrons. The van der Waals surface area contributed by atoms with E-state index in [9.17, 15) is 0 Å². The number of nitrogens with zero attached hydrogens (tertiary/aromatic N) is 1. The molecule has 2 fully saturated rings. The number of allylic oxidation sites excluding steroid dienone is 1. The molecule has 0 saturated carbocycles. The van der Waals surface area contributed by atoms with Gasteiger partial charge in [-0.25, -0.2) is 0 Å². The quantitative estimate of drug-likeness (QED) is 0.713. The number of piperidine rings is 1. The molecule has 2 rings (SSSR count). The van der Waals surface area contributed by atoms with Crippen molar-refractivity contribution in [3.05, 3.63) is 12.7 Å². The van der Waals surface area contributed by atoms with Gasteiger partial charge in [0.2, 0.25) is 0 Å². The van der Waals surface area contributed by atoms with Gasteiger partial charge in [0.05, 0.1) is 0 Å². The summed E-state index contributed by atoms with van der Waals surface area (Å²) in [6, 6.07) is 2.40. The monoisotopic (exact) mass is 236 g/mol. The standard InChI is InChI=1S/C15H28N2/c1-4-5-6-12(2)16-11-13-9-14-7-8-15(10-13)17(14)3/h4,12-16H,1,5-11H2,2-3H3. The van der Waals surface area contributed by atoms with E-state index < -0.39 is 0 Å². The topological polar surface area (TPSA) is 15.3 Å². The Bertz CT molecular complexity index is 237. The van der Waals surface area contributed by atoms with Crippen molar-refractivity contribution in [3.63, 3.8) is 0 Å². The fourth-order valence-corrected chi connectivity index (χ4v) is 3.53. The Morgan fingerprint density at radius 3 is 2.59 bits per heavy atom. The summed E-state index contributed by atoms with van der Waals surface area (Å²) in [7, 11) is 2.32. The normalized spacial score (nSPS) is 34.8. The van der Waals surface area contributed by atoms with Crippen LogP contribution in [0.5, 0.6) is 0 Å². The highest BCUT2D eigenvalue weighted by Crippen LogP contribution is 2.37. The molecule has 3 unspecified atom stereocenters. The summed E-state index contributed by atoms with van der Waals surface area (Å²) in [6.07, 6.45) is 10.1. The molecule has 0 aliphatic carbocycles. The van der Waals surface area contributed by atoms with Crippen LogP contribution in [0.2, 0.25) is 0 Å². The molecule has 0 aromatic heterocycles. The highest BCUT2D eigenvalue weighted by molar-refractivity contribution is 4.93. The Morgan fingerprint density at radius 1 is 1.35 bits per heavy atom. The fourth-order valence-electron chi connectivity index (χ4n) is 3.53. The second-order valence-electron chi connectivity index (χ2n) is 6.06. The largest absolute Gasteiger partial charge is 0.314 e. The van der Waals surface area contributed by atoms with Crippen LogP contribution in [-0.2, 0) is 0 Å². The molecule has 0 aromatic carbocycles. The smallest absolute Gasteiger partial charge is 0.00988 e. The van der Waals surface area contributed by atoms with Crippen molar-refractivity contribution < 1.29 is 0 Å². The van der Waals surface area contributed by atoms with Crippen molar-refractivity contribution in [1.82, 2.24) is 10.2 Å². The van der Waals surface area contributed by atoms with Gasteiger partial charge in [-0.15, -0.1) is 6.58 Å². The van der Waals surface area contributed by atoms with Gasteiger partial charge < -0.3 is 10.2 Å². The second-order valence-corrected chi connectivity index (χ2v) is 6.06. The van der Waals surface area contributed by atoms with E-state index in [1.165, 1.54) is 38.6 Å². The lowest BCUT2D eigenvalue weighted by atomic mass is 9.91. The summed E-state index contributed by atoms with van der Waals surface area (Å²) in [4.78, 5) is 2.62. The molecule has 98 valence electrons. The average molecular weight is 236 g/mol. The third kappa shape index (κ3) is 3.32. The zero-order chi connectivity index (χ0) is 12.3. The van der Waals surface area contributed by atoms with Gasteiger partial charge in [-0.1, -0.05) is 6.08 Å². The van der Waals surface area contributed by atoms with Crippen molar-refractivity contribution in [2.24, 2.45) is 5.92 Å². The van der Waals surface area contributed by atoms with Gasteiger partial charge in [-0.2, -0.15) is 0 Å². The predicted molar refractivity (Wildman–Crippen MR) is 74.2 cm³/mol. The number of fused-ring (bicyclic) bond motifs is 2. The Kier molecular flexibility index (Phi) is 4.63. The van der Waals surface area contributed by atoms with Crippen LogP contribution in [0.25, 0.3) is 0 Å². The number of hydrogen-bond donors (Lipinski definition) is 1. The molecule has 2 nitrogen and oxygen atoms in total. The maximum Gasteiger partial charge on any atom is 0.00988 e. The molecule has 2 aliphatic rings. The van der Waals surface area contributed by atoms with E-state index in [2.05, 4.69) is 30.8 Å². The molecule has 2 heterocycles. The van der Waals surface area contributed by atoms with E-state index in [0.717, 1.165) is 24.4 Å². The molecule has 2 saturated heterocycles. The van der Waals surface area contributed by atoms with Crippen molar-refractivity contribution in [2.45, 2.75) is 63.6 Å². The van der Waals surface area contributed by atoms with Gasteiger partial charge >= 0.3 is 0 Å². The van der Waals surface area contributed by atoms with E-state index >= 15 is 0 Å². The second kappa shape index (κ2) is 6.01. The van der Waals surface area contributed by atoms with Gasteiger partial charge in [0, 0.05) is 18.1 Å². The molecule has 0 aromatic rings. The molecule has 17 heavy (non-hydrogen) atoms. The molecule has 0 spiro atoms. The van der Waals surface area contributed by atoms with Crippen LogP contribution in [0.4, 0.5) is 0 Å². The van der Waals surface area contributed by atoms with Gasteiger partial charge in [-0.05, 0) is 65.0 Å². The minimum absolute atomic E-state index is 0.644. The summed E-state index contributed by atoms with van der Waals surface area (Å²) in [5, 5.41) is 3.70. The van der Waals surface area contributed by atoms with Crippen molar-refractivity contribution >= 4 is 0 Å². The molecule has 1 N–H and O–H groups in total. The third-order valence-electron chi connectivity index (χ3n) is 4.75. The number of nitrogens with one attached hydrogen (secondary N) is 1. The van der Waals surface area contributed by atoms with E-state index in [1.54, 1.807) is 0 Å². The van der Waals surface area contributed by atoms with E-state index in [0.29, 0.717) is 6.04 Å². The molecular formula is C15H28N2. The lowest BCUT2D eigenvalue weighted by molar-refractivity contribution is 0.131. The summed E-state index contributed by atoms with van der Waals surface area (Å²) >= 11 is 0. The molecule has 2 bridgehead atoms. The minimum Gasteiger partial charge on any atom is -0.314 e. The molecule has 3 atom stereocenters. The lowest BCUT2D eigenvalue weighted by Gasteiger charge is -2.36. The minimum atomic E-state index is 0.644. The average Bonchev–Trinajstić information content (AvgIpc) is 2.57. The highest BCUT2D eigenvalue weighted by Gasteiger charge is 2.37. The molecule has 0 amide bonds. The number of hydrogen-bond acceptors (Lipinski definition) is 2. The maximum atomic E-state index is 3.79. The Balaban J connectivity index is 1.69.